The van der Waals surface area contributed by atoms with Gasteiger partial charge in [0.1, 0.15) is 5.54 Å². The number of hydrogen-bond donors (Lipinski definition) is 3. The second-order valence-electron chi connectivity index (χ2n) is 11.2. The van der Waals surface area contributed by atoms with Crippen LogP contribution in [0.1, 0.15) is 22.3 Å². The zero-order valence-corrected chi connectivity index (χ0v) is 22.7. The number of aryl methyl sites for hydroxylation is 1. The summed E-state index contributed by atoms with van der Waals surface area (Å²) in [6.07, 6.45) is 2.38. The molecule has 1 spiro atoms. The first-order chi connectivity index (χ1) is 19.8. The van der Waals surface area contributed by atoms with Crippen molar-refractivity contribution < 1.29 is 23.9 Å². The van der Waals surface area contributed by atoms with Gasteiger partial charge in [-0.1, -0.05) is 35.9 Å². The van der Waals surface area contributed by atoms with E-state index in [1.54, 1.807) is 24.3 Å². The van der Waals surface area contributed by atoms with Gasteiger partial charge in [0.2, 0.25) is 24.5 Å². The zero-order valence-electron chi connectivity index (χ0n) is 22.0. The fourth-order valence-corrected chi connectivity index (χ4v) is 7.46. The molecule has 3 amide bonds. The number of nitrogens with one attached hydrogen (secondary N) is 3. The molecule has 3 N–H and O–H groups in total. The molecular formula is C31H25ClN4O5. The molecule has 2 saturated heterocycles. The van der Waals surface area contributed by atoms with Gasteiger partial charge in [0.15, 0.2) is 11.5 Å². The summed E-state index contributed by atoms with van der Waals surface area (Å²) in [5, 5.41) is 8.02. The molecule has 0 unspecified atom stereocenters. The molecule has 9 nitrogen and oxygen atoms in total. The Labute approximate surface area is 239 Å². The van der Waals surface area contributed by atoms with Gasteiger partial charge in [-0.3, -0.25) is 24.6 Å². The van der Waals surface area contributed by atoms with Crippen LogP contribution in [0.4, 0.5) is 5.69 Å². The minimum Gasteiger partial charge on any atom is -0.454 e. The summed E-state index contributed by atoms with van der Waals surface area (Å²) in [6.45, 7) is 2.07. The first-order valence-electron chi connectivity index (χ1n) is 13.5. The first-order valence-corrected chi connectivity index (χ1v) is 13.9. The lowest BCUT2D eigenvalue weighted by molar-refractivity contribution is -0.143. The summed E-state index contributed by atoms with van der Waals surface area (Å²) in [5.74, 6) is -1.51. The summed E-state index contributed by atoms with van der Waals surface area (Å²) in [4.78, 5) is 47.0. The minimum absolute atomic E-state index is 0.0697. The van der Waals surface area contributed by atoms with E-state index < -0.39 is 23.4 Å². The third kappa shape index (κ3) is 3.36. The fraction of sp³-hybridized carbons (Fsp3) is 0.258. The number of anilines is 1. The Morgan fingerprint density at radius 1 is 1.02 bits per heavy atom. The van der Waals surface area contributed by atoms with E-state index in [0.29, 0.717) is 34.2 Å². The van der Waals surface area contributed by atoms with Crippen molar-refractivity contribution in [2.45, 2.75) is 31.5 Å². The van der Waals surface area contributed by atoms with Crippen molar-refractivity contribution in [1.82, 2.24) is 15.2 Å². The molecule has 10 heteroatoms. The number of fused-ring (bicyclic) bond motifs is 6. The summed E-state index contributed by atoms with van der Waals surface area (Å²) >= 11 is 6.49. The Morgan fingerprint density at radius 3 is 2.73 bits per heavy atom. The number of imide groups is 1. The van der Waals surface area contributed by atoms with Crippen LogP contribution in [0.25, 0.3) is 10.9 Å². The largest absolute Gasteiger partial charge is 0.454 e. The number of para-hydroxylation sites is 1. The van der Waals surface area contributed by atoms with Crippen LogP contribution in [0.3, 0.4) is 0 Å². The standard InChI is InChI=1S/C31H25ClN4O5/c1-15-8-18(32)11-20-27(15)34-30(39)31(20)26-25(22(35-31)10-17-12-33-21-5-3-2-4-19(17)21)28(37)36(29(26)38)13-16-6-7-23-24(9-16)41-14-40-23/h2-9,11-12,22,25-26,33,35H,10,13-14H2,1H3,(H,34,39)/t22-,25+,26+,31-/m0/s1. The van der Waals surface area contributed by atoms with Crippen LogP contribution in [-0.2, 0) is 32.9 Å². The lowest BCUT2D eigenvalue weighted by atomic mass is 9.76. The zero-order chi connectivity index (χ0) is 28.0. The highest BCUT2D eigenvalue weighted by Gasteiger charge is 2.70. The average Bonchev–Trinajstić information content (AvgIpc) is 3.75. The van der Waals surface area contributed by atoms with Gasteiger partial charge in [0.05, 0.1) is 18.4 Å². The van der Waals surface area contributed by atoms with E-state index in [1.807, 2.05) is 43.5 Å². The van der Waals surface area contributed by atoms with Crippen molar-refractivity contribution in [1.29, 1.82) is 0 Å². The molecule has 1 aromatic heterocycles. The number of H-pyrrole nitrogens is 1. The van der Waals surface area contributed by atoms with Crippen LogP contribution in [-0.4, -0.2) is 40.4 Å². The Bertz CT molecular complexity index is 1820. The molecule has 206 valence electrons. The van der Waals surface area contributed by atoms with Crippen molar-refractivity contribution in [3.63, 3.8) is 0 Å². The minimum atomic E-state index is -1.43. The molecule has 8 rings (SSSR count). The molecule has 41 heavy (non-hydrogen) atoms. The Morgan fingerprint density at radius 2 is 1.85 bits per heavy atom. The number of likely N-dealkylation sites (tertiary alicyclic amines) is 1. The number of hydrogen-bond acceptors (Lipinski definition) is 6. The van der Waals surface area contributed by atoms with Crippen LogP contribution in [0, 0.1) is 18.8 Å². The lowest BCUT2D eigenvalue weighted by Crippen LogP contribution is -2.53. The molecule has 4 aliphatic rings. The molecular weight excluding hydrogens is 544 g/mol. The fourth-order valence-electron chi connectivity index (χ4n) is 7.18. The third-order valence-electron chi connectivity index (χ3n) is 8.97. The Balaban J connectivity index is 1.23. The molecule has 4 atom stereocenters. The normalized spacial score (nSPS) is 25.9. The summed E-state index contributed by atoms with van der Waals surface area (Å²) in [6, 6.07) is 16.4. The molecule has 0 bridgehead atoms. The Kier molecular flexibility index (Phi) is 5.12. The first kappa shape index (κ1) is 24.5. The molecule has 4 aliphatic heterocycles. The van der Waals surface area contributed by atoms with Crippen LogP contribution in [0.15, 0.2) is 60.8 Å². The highest BCUT2D eigenvalue weighted by molar-refractivity contribution is 6.31. The maximum atomic E-state index is 14.3. The number of halogens is 1. The SMILES string of the molecule is Cc1cc(Cl)cc2c1NC(=O)[C@]21N[C@@H](Cc2c[nH]c3ccccc23)[C@H]2C(=O)N(Cc3ccc4c(c3)OCO4)C(=O)[C@@H]21. The smallest absolute Gasteiger partial charge is 0.250 e. The number of benzene rings is 3. The number of carbonyl (C=O) groups excluding carboxylic acids is 3. The highest BCUT2D eigenvalue weighted by atomic mass is 35.5. The van der Waals surface area contributed by atoms with Gasteiger partial charge < -0.3 is 19.8 Å². The molecule has 5 heterocycles. The topological polar surface area (TPSA) is 113 Å². The second kappa shape index (κ2) is 8.58. The van der Waals surface area contributed by atoms with E-state index in [-0.39, 0.29) is 31.1 Å². The molecule has 4 aromatic rings. The monoisotopic (exact) mass is 568 g/mol. The van der Waals surface area contributed by atoms with Crippen LogP contribution in [0.2, 0.25) is 5.02 Å². The number of nitrogens with zero attached hydrogens (tertiary/aromatic N) is 1. The van der Waals surface area contributed by atoms with Gasteiger partial charge >= 0.3 is 0 Å². The Hall–Kier alpha value is -4.34. The van der Waals surface area contributed by atoms with E-state index >= 15 is 0 Å². The van der Waals surface area contributed by atoms with Gasteiger partial charge in [-0.25, -0.2) is 0 Å². The maximum absolute atomic E-state index is 14.3. The van der Waals surface area contributed by atoms with Crippen molar-refractivity contribution in [3.05, 3.63) is 88.1 Å². The third-order valence-corrected chi connectivity index (χ3v) is 9.19. The van der Waals surface area contributed by atoms with Crippen molar-refractivity contribution >= 4 is 45.9 Å². The van der Waals surface area contributed by atoms with Crippen molar-refractivity contribution in [3.8, 4) is 11.5 Å². The summed E-state index contributed by atoms with van der Waals surface area (Å²) < 4.78 is 10.9. The van der Waals surface area contributed by atoms with Crippen LogP contribution < -0.4 is 20.1 Å². The molecule has 0 aliphatic carbocycles. The van der Waals surface area contributed by atoms with E-state index in [9.17, 15) is 14.4 Å². The van der Waals surface area contributed by atoms with Crippen molar-refractivity contribution in [2.75, 3.05) is 12.1 Å². The number of carbonyl (C=O) groups is 3. The molecule has 0 radical (unpaired) electrons. The van der Waals surface area contributed by atoms with Crippen LogP contribution in [0.5, 0.6) is 11.5 Å². The number of aromatic amines is 1. The average molecular weight is 569 g/mol. The summed E-state index contributed by atoms with van der Waals surface area (Å²) in [7, 11) is 0. The second-order valence-corrected chi connectivity index (χ2v) is 11.6. The number of aromatic nitrogens is 1. The van der Waals surface area contributed by atoms with E-state index in [4.69, 9.17) is 21.1 Å². The van der Waals surface area contributed by atoms with Gasteiger partial charge in [0.25, 0.3) is 0 Å². The maximum Gasteiger partial charge on any atom is 0.250 e. The van der Waals surface area contributed by atoms with Crippen LogP contribution >= 0.6 is 11.6 Å². The molecule has 0 saturated carbocycles. The highest BCUT2D eigenvalue weighted by Crippen LogP contribution is 2.54. The predicted molar refractivity (Wildman–Crippen MR) is 151 cm³/mol. The van der Waals surface area contributed by atoms with Crippen molar-refractivity contribution in [2.24, 2.45) is 11.8 Å². The van der Waals surface area contributed by atoms with E-state index in [1.165, 1.54) is 4.90 Å². The van der Waals surface area contributed by atoms with E-state index in [0.717, 1.165) is 27.6 Å². The van der Waals surface area contributed by atoms with Gasteiger partial charge in [0, 0.05) is 39.4 Å². The van der Waals surface area contributed by atoms with Gasteiger partial charge in [-0.15, -0.1) is 0 Å². The van der Waals surface area contributed by atoms with E-state index in [2.05, 4.69) is 15.6 Å². The van der Waals surface area contributed by atoms with Gasteiger partial charge in [-0.05, 0) is 60.4 Å². The molecule has 3 aromatic carbocycles. The summed E-state index contributed by atoms with van der Waals surface area (Å²) in [5.41, 5.74) is 3.33. The predicted octanol–water partition coefficient (Wildman–Crippen LogP) is 4.02. The number of ether oxygens (including phenoxy) is 2. The van der Waals surface area contributed by atoms with Gasteiger partial charge in [-0.2, -0.15) is 0 Å². The quantitative estimate of drug-likeness (QED) is 0.321. The molecule has 2 fully saturated rings. The lowest BCUT2D eigenvalue weighted by Gasteiger charge is -2.29. The number of amides is 3. The number of rotatable bonds is 4.